The Labute approximate surface area is 96.1 Å². The van der Waals surface area contributed by atoms with Gasteiger partial charge in [-0.1, -0.05) is 27.7 Å². The quantitative estimate of drug-likeness (QED) is 0.855. The van der Waals surface area contributed by atoms with Crippen molar-refractivity contribution in [3.05, 3.63) is 27.9 Å². The van der Waals surface area contributed by atoms with Crippen LogP contribution >= 0.6 is 0 Å². The highest BCUT2D eigenvalue weighted by atomic mass is 16.5. The number of rotatable bonds is 3. The fourth-order valence-corrected chi connectivity index (χ4v) is 1.71. The van der Waals surface area contributed by atoms with Gasteiger partial charge in [0.15, 0.2) is 0 Å². The molecule has 1 atom stereocenters. The minimum absolute atomic E-state index is 0.100. The molecule has 0 aliphatic rings. The zero-order chi connectivity index (χ0) is 12.3. The molecule has 1 aromatic heterocycles. The second-order valence-corrected chi connectivity index (χ2v) is 4.96. The average Bonchev–Trinajstić information content (AvgIpc) is 2.15. The molecule has 1 unspecified atom stereocenters. The lowest BCUT2D eigenvalue weighted by molar-refractivity contribution is 0.00834. The molecule has 1 aromatic rings. The second kappa shape index (κ2) is 4.78. The van der Waals surface area contributed by atoms with E-state index in [4.69, 9.17) is 4.74 Å². The van der Waals surface area contributed by atoms with Gasteiger partial charge in [0.05, 0.1) is 0 Å². The van der Waals surface area contributed by atoms with Gasteiger partial charge in [-0.15, -0.1) is 0 Å². The highest BCUT2D eigenvalue weighted by Crippen LogP contribution is 2.33. The van der Waals surface area contributed by atoms with Crippen LogP contribution in [-0.4, -0.2) is 17.1 Å². The number of ether oxygens (including phenoxy) is 1. The molecule has 0 spiro atoms. The van der Waals surface area contributed by atoms with Crippen molar-refractivity contribution in [2.75, 3.05) is 7.11 Å². The molecule has 0 aromatic carbocycles. The van der Waals surface area contributed by atoms with Gasteiger partial charge in [-0.25, -0.2) is 4.98 Å². The number of aromatic amines is 1. The Hall–Kier alpha value is -1.16. The Bertz CT molecular complexity index is 404. The summed E-state index contributed by atoms with van der Waals surface area (Å²) in [6, 6.07) is 1.53. The van der Waals surface area contributed by atoms with Gasteiger partial charge < -0.3 is 9.72 Å². The maximum Gasteiger partial charge on any atom is 0.251 e. The fourth-order valence-electron chi connectivity index (χ4n) is 1.71. The van der Waals surface area contributed by atoms with E-state index in [1.807, 2.05) is 6.92 Å². The van der Waals surface area contributed by atoms with Gasteiger partial charge in [-0.2, -0.15) is 0 Å². The van der Waals surface area contributed by atoms with Gasteiger partial charge in [-0.05, 0) is 11.8 Å². The standard InChI is InChI=1S/C12H20N2O2/c1-6-8-7-9(15)14-11(13-8)10(16-5)12(2,3)4/h7,10H,6H2,1-5H3,(H,13,14,15). The maximum atomic E-state index is 11.5. The lowest BCUT2D eigenvalue weighted by Gasteiger charge is -2.28. The van der Waals surface area contributed by atoms with Crippen LogP contribution < -0.4 is 5.56 Å². The van der Waals surface area contributed by atoms with Crippen LogP contribution in [0.4, 0.5) is 0 Å². The van der Waals surface area contributed by atoms with Crippen molar-refractivity contribution in [1.82, 2.24) is 9.97 Å². The van der Waals surface area contributed by atoms with Crippen LogP contribution in [0.2, 0.25) is 0 Å². The van der Waals surface area contributed by atoms with Crippen molar-refractivity contribution >= 4 is 0 Å². The summed E-state index contributed by atoms with van der Waals surface area (Å²) in [6.07, 6.45) is 0.545. The number of hydrogen-bond donors (Lipinski definition) is 1. The van der Waals surface area contributed by atoms with Crippen molar-refractivity contribution in [2.45, 2.75) is 40.2 Å². The zero-order valence-corrected chi connectivity index (χ0v) is 10.6. The number of hydrogen-bond acceptors (Lipinski definition) is 3. The topological polar surface area (TPSA) is 55.0 Å². The summed E-state index contributed by atoms with van der Waals surface area (Å²) in [5, 5.41) is 0. The minimum Gasteiger partial charge on any atom is -0.373 e. The Morgan fingerprint density at radius 2 is 2.12 bits per heavy atom. The second-order valence-electron chi connectivity index (χ2n) is 4.96. The molecule has 0 aliphatic carbocycles. The molecule has 0 radical (unpaired) electrons. The first kappa shape index (κ1) is 12.9. The smallest absolute Gasteiger partial charge is 0.251 e. The Kier molecular flexibility index (Phi) is 3.86. The molecule has 16 heavy (non-hydrogen) atoms. The largest absolute Gasteiger partial charge is 0.373 e. The van der Waals surface area contributed by atoms with E-state index in [-0.39, 0.29) is 17.1 Å². The molecule has 4 nitrogen and oxygen atoms in total. The van der Waals surface area contributed by atoms with Crippen molar-refractivity contribution in [1.29, 1.82) is 0 Å². The van der Waals surface area contributed by atoms with E-state index >= 15 is 0 Å². The third-order valence-electron chi connectivity index (χ3n) is 2.45. The molecule has 1 rings (SSSR count). The molecule has 0 amide bonds. The molecular weight excluding hydrogens is 204 g/mol. The Morgan fingerprint density at radius 1 is 1.50 bits per heavy atom. The van der Waals surface area contributed by atoms with Crippen molar-refractivity contribution in [3.63, 3.8) is 0 Å². The number of nitrogens with zero attached hydrogens (tertiary/aromatic N) is 1. The SMILES string of the molecule is CCc1cc(=O)[nH]c(C(OC)C(C)(C)C)n1. The molecule has 0 aliphatic heterocycles. The van der Waals surface area contributed by atoms with Crippen molar-refractivity contribution in [3.8, 4) is 0 Å². The highest BCUT2D eigenvalue weighted by molar-refractivity contribution is 5.06. The van der Waals surface area contributed by atoms with Crippen LogP contribution in [0.15, 0.2) is 10.9 Å². The summed E-state index contributed by atoms with van der Waals surface area (Å²) >= 11 is 0. The van der Waals surface area contributed by atoms with E-state index in [1.54, 1.807) is 7.11 Å². The first-order valence-corrected chi connectivity index (χ1v) is 5.51. The van der Waals surface area contributed by atoms with Crippen molar-refractivity contribution < 1.29 is 4.74 Å². The summed E-state index contributed by atoms with van der Waals surface area (Å²) in [7, 11) is 1.63. The molecule has 1 N–H and O–H groups in total. The lowest BCUT2D eigenvalue weighted by Crippen LogP contribution is -2.25. The minimum atomic E-state index is -0.202. The number of aryl methyl sites for hydroxylation is 1. The molecule has 4 heteroatoms. The van der Waals surface area contributed by atoms with Crippen molar-refractivity contribution in [2.24, 2.45) is 5.41 Å². The maximum absolute atomic E-state index is 11.5. The molecule has 0 bridgehead atoms. The molecule has 0 saturated heterocycles. The molecule has 1 heterocycles. The third-order valence-corrected chi connectivity index (χ3v) is 2.45. The Balaban J connectivity index is 3.20. The van der Waals surface area contributed by atoms with Crippen LogP contribution in [0.3, 0.4) is 0 Å². The third kappa shape index (κ3) is 2.92. The van der Waals surface area contributed by atoms with E-state index in [1.165, 1.54) is 6.07 Å². The summed E-state index contributed by atoms with van der Waals surface area (Å²) in [4.78, 5) is 18.6. The predicted molar refractivity (Wildman–Crippen MR) is 63.4 cm³/mol. The number of H-pyrrole nitrogens is 1. The number of methoxy groups -OCH3 is 1. The van der Waals surface area contributed by atoms with Gasteiger partial charge in [-0.3, -0.25) is 4.79 Å². The van der Waals surface area contributed by atoms with Gasteiger partial charge in [0.1, 0.15) is 11.9 Å². The summed E-state index contributed by atoms with van der Waals surface area (Å²) in [6.45, 7) is 8.14. The average molecular weight is 224 g/mol. The van der Waals surface area contributed by atoms with Crippen LogP contribution in [-0.2, 0) is 11.2 Å². The first-order chi connectivity index (χ1) is 7.38. The Morgan fingerprint density at radius 3 is 2.56 bits per heavy atom. The van der Waals surface area contributed by atoms with Crippen LogP contribution in [0.25, 0.3) is 0 Å². The van der Waals surface area contributed by atoms with E-state index in [2.05, 4.69) is 30.7 Å². The van der Waals surface area contributed by atoms with E-state index in [9.17, 15) is 4.79 Å². The first-order valence-electron chi connectivity index (χ1n) is 5.51. The highest BCUT2D eigenvalue weighted by Gasteiger charge is 2.28. The van der Waals surface area contributed by atoms with Gasteiger partial charge in [0.2, 0.25) is 0 Å². The van der Waals surface area contributed by atoms with Crippen LogP contribution in [0, 0.1) is 5.41 Å². The predicted octanol–water partition coefficient (Wildman–Crippen LogP) is 2.07. The van der Waals surface area contributed by atoms with Gasteiger partial charge in [0.25, 0.3) is 5.56 Å². The van der Waals surface area contributed by atoms with Crippen LogP contribution in [0.5, 0.6) is 0 Å². The molecule has 0 saturated carbocycles. The van der Waals surface area contributed by atoms with Gasteiger partial charge in [0, 0.05) is 18.9 Å². The summed E-state index contributed by atoms with van der Waals surface area (Å²) < 4.78 is 5.42. The van der Waals surface area contributed by atoms with Crippen LogP contribution in [0.1, 0.15) is 45.3 Å². The van der Waals surface area contributed by atoms with E-state index in [0.29, 0.717) is 5.82 Å². The normalized spacial score (nSPS) is 13.8. The molecular formula is C12H20N2O2. The summed E-state index contributed by atoms with van der Waals surface area (Å²) in [5.74, 6) is 0.611. The molecule has 0 fully saturated rings. The molecule has 90 valence electrons. The fraction of sp³-hybridized carbons (Fsp3) is 0.667. The lowest BCUT2D eigenvalue weighted by atomic mass is 9.88. The van der Waals surface area contributed by atoms with E-state index in [0.717, 1.165) is 12.1 Å². The number of nitrogens with one attached hydrogen (secondary N) is 1. The number of aromatic nitrogens is 2. The van der Waals surface area contributed by atoms with Gasteiger partial charge >= 0.3 is 0 Å². The monoisotopic (exact) mass is 224 g/mol. The zero-order valence-electron chi connectivity index (χ0n) is 10.6. The summed E-state index contributed by atoms with van der Waals surface area (Å²) in [5.41, 5.74) is 0.579. The van der Waals surface area contributed by atoms with E-state index < -0.39 is 0 Å².